The number of hydrogen-bond acceptors (Lipinski definition) is 9. The van der Waals surface area contributed by atoms with Gasteiger partial charge in [0.25, 0.3) is 0 Å². The summed E-state index contributed by atoms with van der Waals surface area (Å²) in [6.45, 7) is 7.60. The highest BCUT2D eigenvalue weighted by molar-refractivity contribution is 5.94. The summed E-state index contributed by atoms with van der Waals surface area (Å²) in [6, 6.07) is 5.95. The molecule has 3 N–H and O–H groups in total. The number of pyridine rings is 1. The first-order valence-electron chi connectivity index (χ1n) is 13.3. The number of anilines is 1. The van der Waals surface area contributed by atoms with Crippen molar-refractivity contribution in [2.75, 3.05) is 37.9 Å². The van der Waals surface area contributed by atoms with E-state index in [-0.39, 0.29) is 23.1 Å². The zero-order chi connectivity index (χ0) is 30.1. The van der Waals surface area contributed by atoms with E-state index in [1.54, 1.807) is 16.7 Å². The lowest BCUT2D eigenvalue weighted by Crippen LogP contribution is -2.43. The summed E-state index contributed by atoms with van der Waals surface area (Å²) in [5.41, 5.74) is -0.571. The van der Waals surface area contributed by atoms with Crippen LogP contribution >= 0.6 is 0 Å². The molecule has 1 fully saturated rings. The Kier molecular flexibility index (Phi) is 7.81. The SMILES string of the molecule is CCn1cc(C(=O)O)c(=O)c2cc(F)c(N3CCNCC3)cc21.CCn1nc(C(=O)O)c(=O)c2cc3c(cc21)OCO3. The Morgan fingerprint density at radius 3 is 2.21 bits per heavy atom. The first-order chi connectivity index (χ1) is 20.1. The van der Waals surface area contributed by atoms with Crippen molar-refractivity contribution < 1.29 is 33.7 Å². The third kappa shape index (κ3) is 5.11. The summed E-state index contributed by atoms with van der Waals surface area (Å²) in [7, 11) is 0. The molecule has 0 amide bonds. The molecule has 2 aliphatic rings. The average molecular weight is 582 g/mol. The van der Waals surface area contributed by atoms with Crippen molar-refractivity contribution in [3.8, 4) is 11.5 Å². The fraction of sp³-hybridized carbons (Fsp3) is 0.321. The van der Waals surface area contributed by atoms with Gasteiger partial charge in [0.2, 0.25) is 23.3 Å². The minimum absolute atomic E-state index is 0.0885. The van der Waals surface area contributed by atoms with Crippen molar-refractivity contribution in [2.45, 2.75) is 26.9 Å². The van der Waals surface area contributed by atoms with Crippen LogP contribution < -0.4 is 30.5 Å². The second-order valence-electron chi connectivity index (χ2n) is 9.54. The molecule has 2 aromatic carbocycles. The Morgan fingerprint density at radius 2 is 1.60 bits per heavy atom. The molecule has 0 radical (unpaired) electrons. The maximum atomic E-state index is 14.5. The number of hydrogen-bond donors (Lipinski definition) is 3. The number of halogens is 1. The molecule has 2 aromatic heterocycles. The van der Waals surface area contributed by atoms with E-state index in [4.69, 9.17) is 19.7 Å². The van der Waals surface area contributed by atoms with E-state index in [0.29, 0.717) is 54.4 Å². The van der Waals surface area contributed by atoms with Crippen LogP contribution in [0.3, 0.4) is 0 Å². The summed E-state index contributed by atoms with van der Waals surface area (Å²) in [6.07, 6.45) is 1.33. The van der Waals surface area contributed by atoms with Crippen molar-refractivity contribution in [1.82, 2.24) is 19.7 Å². The number of carbonyl (C=O) groups is 2. The molecule has 4 aromatic rings. The number of piperazine rings is 1. The largest absolute Gasteiger partial charge is 0.477 e. The number of aromatic nitrogens is 3. The smallest absolute Gasteiger partial charge is 0.360 e. The summed E-state index contributed by atoms with van der Waals surface area (Å²) >= 11 is 0. The van der Waals surface area contributed by atoms with Crippen LogP contribution in [0.4, 0.5) is 10.1 Å². The van der Waals surface area contributed by atoms with Crippen molar-refractivity contribution in [3.05, 3.63) is 68.0 Å². The molecule has 14 heteroatoms. The van der Waals surface area contributed by atoms with Crippen LogP contribution in [-0.2, 0) is 13.1 Å². The van der Waals surface area contributed by atoms with E-state index in [0.717, 1.165) is 19.2 Å². The van der Waals surface area contributed by atoms with Crippen LogP contribution in [-0.4, -0.2) is 69.5 Å². The molecule has 220 valence electrons. The molecule has 4 heterocycles. The minimum Gasteiger partial charge on any atom is -0.477 e. The van der Waals surface area contributed by atoms with Crippen LogP contribution in [0.2, 0.25) is 0 Å². The van der Waals surface area contributed by atoms with Gasteiger partial charge >= 0.3 is 11.9 Å². The fourth-order valence-electron chi connectivity index (χ4n) is 5.02. The molecule has 2 aliphatic heterocycles. The van der Waals surface area contributed by atoms with E-state index < -0.39 is 34.3 Å². The van der Waals surface area contributed by atoms with Gasteiger partial charge in [-0.2, -0.15) is 5.10 Å². The van der Waals surface area contributed by atoms with Gasteiger partial charge in [-0.05, 0) is 32.0 Å². The van der Waals surface area contributed by atoms with E-state index in [2.05, 4.69) is 10.4 Å². The van der Waals surface area contributed by atoms with Gasteiger partial charge in [0.15, 0.2) is 11.5 Å². The number of nitrogens with zero attached hydrogens (tertiary/aromatic N) is 4. The number of carboxylic acids is 2. The third-order valence-electron chi connectivity index (χ3n) is 7.13. The van der Waals surface area contributed by atoms with Gasteiger partial charge in [-0.15, -0.1) is 0 Å². The van der Waals surface area contributed by atoms with E-state index in [1.165, 1.54) is 16.9 Å². The monoisotopic (exact) mass is 581 g/mol. The van der Waals surface area contributed by atoms with E-state index in [1.807, 2.05) is 18.7 Å². The Morgan fingerprint density at radius 1 is 0.929 bits per heavy atom. The van der Waals surface area contributed by atoms with Gasteiger partial charge in [0, 0.05) is 56.9 Å². The van der Waals surface area contributed by atoms with Crippen molar-refractivity contribution in [1.29, 1.82) is 0 Å². The molecule has 42 heavy (non-hydrogen) atoms. The second kappa shape index (κ2) is 11.5. The zero-order valence-corrected chi connectivity index (χ0v) is 22.8. The normalized spacial score (nSPS) is 14.1. The predicted molar refractivity (Wildman–Crippen MR) is 151 cm³/mol. The Balaban J connectivity index is 0.000000171. The Hall–Kier alpha value is -4.98. The highest BCUT2D eigenvalue weighted by Crippen LogP contribution is 2.35. The molecule has 0 unspecified atom stereocenters. The lowest BCUT2D eigenvalue weighted by atomic mass is 10.1. The quantitative estimate of drug-likeness (QED) is 0.316. The second-order valence-corrected chi connectivity index (χ2v) is 9.54. The van der Waals surface area contributed by atoms with Gasteiger partial charge < -0.3 is 34.5 Å². The van der Waals surface area contributed by atoms with Crippen LogP contribution in [0, 0.1) is 5.82 Å². The van der Waals surface area contributed by atoms with Crippen molar-refractivity contribution in [2.24, 2.45) is 0 Å². The number of aromatic carboxylic acids is 2. The summed E-state index contributed by atoms with van der Waals surface area (Å²) in [4.78, 5) is 48.6. The molecule has 0 saturated carbocycles. The number of nitrogens with one attached hydrogen (secondary N) is 1. The molecule has 0 bridgehead atoms. The number of carboxylic acid groups (broad SMARTS) is 2. The molecular formula is C28H28FN5O8. The number of ether oxygens (including phenoxy) is 2. The van der Waals surface area contributed by atoms with Crippen LogP contribution in [0.1, 0.15) is 34.7 Å². The molecule has 6 rings (SSSR count). The van der Waals surface area contributed by atoms with E-state index in [9.17, 15) is 23.6 Å². The standard InChI is InChI=1S/C16H18FN3O3.C12H10N2O5/c1-2-19-9-11(16(22)23)15(21)10-7-12(17)14(8-13(10)19)20-5-3-18-4-6-20;1-2-14-7-4-9-8(18-5-19-9)3-6(7)11(15)10(13-14)12(16)17/h7-9,18H,2-6H2,1H3,(H,22,23);3-4H,2,5H2,1H3,(H,16,17). The van der Waals surface area contributed by atoms with Gasteiger partial charge in [-0.3, -0.25) is 14.3 Å². The molecule has 1 saturated heterocycles. The lowest BCUT2D eigenvalue weighted by Gasteiger charge is -2.30. The highest BCUT2D eigenvalue weighted by atomic mass is 19.1. The molecule has 0 aliphatic carbocycles. The summed E-state index contributed by atoms with van der Waals surface area (Å²) in [5.74, 6) is -2.17. The summed E-state index contributed by atoms with van der Waals surface area (Å²) < 4.78 is 28.1. The zero-order valence-electron chi connectivity index (χ0n) is 22.8. The molecular weight excluding hydrogens is 553 g/mol. The Labute approximate surface area is 237 Å². The fourth-order valence-corrected chi connectivity index (χ4v) is 5.02. The number of fused-ring (bicyclic) bond motifs is 3. The van der Waals surface area contributed by atoms with E-state index >= 15 is 0 Å². The highest BCUT2D eigenvalue weighted by Gasteiger charge is 2.22. The summed E-state index contributed by atoms with van der Waals surface area (Å²) in [5, 5.41) is 25.6. The first kappa shape index (κ1) is 28.5. The van der Waals surface area contributed by atoms with Crippen LogP contribution in [0.15, 0.2) is 40.1 Å². The maximum Gasteiger partial charge on any atom is 0.360 e. The lowest BCUT2D eigenvalue weighted by molar-refractivity contribution is 0.0679. The topological polar surface area (TPSA) is 165 Å². The van der Waals surface area contributed by atoms with Crippen molar-refractivity contribution in [3.63, 3.8) is 0 Å². The molecule has 13 nitrogen and oxygen atoms in total. The van der Waals surface area contributed by atoms with Gasteiger partial charge in [0.1, 0.15) is 11.4 Å². The van der Waals surface area contributed by atoms with Gasteiger partial charge in [-0.1, -0.05) is 0 Å². The van der Waals surface area contributed by atoms with Crippen molar-refractivity contribution >= 4 is 39.4 Å². The van der Waals surface area contributed by atoms with Gasteiger partial charge in [0.05, 0.1) is 22.1 Å². The average Bonchev–Trinajstić information content (AvgIpc) is 3.45. The molecule has 0 atom stereocenters. The number of rotatable bonds is 5. The maximum absolute atomic E-state index is 14.5. The number of aryl methyl sites for hydroxylation is 2. The van der Waals surface area contributed by atoms with Crippen LogP contribution in [0.5, 0.6) is 11.5 Å². The minimum atomic E-state index is -1.34. The predicted octanol–water partition coefficient (Wildman–Crippen LogP) is 2.11. The Bertz CT molecular complexity index is 1850. The third-order valence-corrected chi connectivity index (χ3v) is 7.13. The van der Waals surface area contributed by atoms with Gasteiger partial charge in [-0.25, -0.2) is 14.0 Å². The number of benzene rings is 2. The first-order valence-corrected chi connectivity index (χ1v) is 13.3. The molecule has 0 spiro atoms. The van der Waals surface area contributed by atoms with Crippen LogP contribution in [0.25, 0.3) is 21.8 Å².